The Hall–Kier alpha value is -3.68. The van der Waals surface area contributed by atoms with E-state index >= 15 is 0 Å². The topological polar surface area (TPSA) is 134 Å². The molecule has 0 atom stereocenters. The fourth-order valence-corrected chi connectivity index (χ4v) is 4.10. The van der Waals surface area contributed by atoms with Gasteiger partial charge in [-0.3, -0.25) is 4.79 Å². The van der Waals surface area contributed by atoms with Gasteiger partial charge in [-0.05, 0) is 31.2 Å². The molecule has 0 saturated heterocycles. The number of hydrogen-bond acceptors (Lipinski definition) is 8. The van der Waals surface area contributed by atoms with Crippen molar-refractivity contribution in [1.82, 2.24) is 0 Å². The second kappa shape index (κ2) is 8.22. The van der Waals surface area contributed by atoms with Crippen molar-refractivity contribution in [2.75, 3.05) is 30.5 Å². The van der Waals surface area contributed by atoms with Crippen LogP contribution < -0.4 is 14.9 Å². The summed E-state index contributed by atoms with van der Waals surface area (Å²) < 4.78 is 28.6. The Morgan fingerprint density at radius 3 is 2.19 bits per heavy atom. The van der Waals surface area contributed by atoms with Crippen LogP contribution in [0.5, 0.6) is 0 Å². The van der Waals surface area contributed by atoms with Gasteiger partial charge in [-0.25, -0.2) is 18.4 Å². The highest BCUT2D eigenvalue weighted by Crippen LogP contribution is 2.40. The van der Waals surface area contributed by atoms with E-state index in [0.717, 1.165) is 11.4 Å². The third-order valence-electron chi connectivity index (χ3n) is 4.85. The van der Waals surface area contributed by atoms with Gasteiger partial charge in [-0.1, -0.05) is 23.8 Å². The summed E-state index contributed by atoms with van der Waals surface area (Å²) >= 11 is 0. The van der Waals surface area contributed by atoms with Gasteiger partial charge in [0.2, 0.25) is 15.8 Å². The molecule has 2 aromatic carbocycles. The molecular formula is C21H20N4O5S. The van der Waals surface area contributed by atoms with Crippen LogP contribution in [0.15, 0.2) is 58.8 Å². The summed E-state index contributed by atoms with van der Waals surface area (Å²) in [5, 5.41) is 14.8. The summed E-state index contributed by atoms with van der Waals surface area (Å²) in [6.45, 7) is 0.928. The van der Waals surface area contributed by atoms with E-state index in [1.807, 2.05) is 30.3 Å². The number of esters is 1. The quantitative estimate of drug-likeness (QED) is 0.422. The maximum Gasteiger partial charge on any atom is 0.339 e. The molecule has 0 bridgehead atoms. The van der Waals surface area contributed by atoms with Gasteiger partial charge >= 0.3 is 5.97 Å². The van der Waals surface area contributed by atoms with Gasteiger partial charge in [0.25, 0.3) is 0 Å². The number of carbonyl (C=O) groups excluding carboxylic acids is 2. The Morgan fingerprint density at radius 1 is 1.10 bits per heavy atom. The van der Waals surface area contributed by atoms with Gasteiger partial charge in [0.05, 0.1) is 21.8 Å². The molecule has 0 amide bonds. The van der Waals surface area contributed by atoms with Crippen LogP contribution in [0.2, 0.25) is 0 Å². The largest absolute Gasteiger partial charge is 0.454 e. The number of nitriles is 1. The number of hydrogen-bond donors (Lipinski definition) is 1. The zero-order valence-corrected chi connectivity index (χ0v) is 17.9. The smallest absolute Gasteiger partial charge is 0.339 e. The van der Waals surface area contributed by atoms with Crippen molar-refractivity contribution in [2.24, 2.45) is 5.14 Å². The van der Waals surface area contributed by atoms with Gasteiger partial charge in [-0.2, -0.15) is 5.26 Å². The van der Waals surface area contributed by atoms with Crippen LogP contribution in [0.1, 0.15) is 15.9 Å². The number of fused-ring (bicyclic) bond motifs is 1. The second-order valence-corrected chi connectivity index (χ2v) is 8.49. The van der Waals surface area contributed by atoms with E-state index < -0.39 is 33.3 Å². The first-order valence-electron chi connectivity index (χ1n) is 9.11. The van der Waals surface area contributed by atoms with Crippen LogP contribution in [-0.4, -0.2) is 40.9 Å². The van der Waals surface area contributed by atoms with Crippen LogP contribution in [0.25, 0.3) is 0 Å². The maximum atomic E-state index is 12.7. The predicted octanol–water partition coefficient (Wildman–Crippen LogP) is 1.69. The number of ether oxygens (including phenoxy) is 1. The number of nitrogens with two attached hydrogens (primary N) is 1. The SMILES string of the molecule is Cc1ccc(S(N)(=O)=O)c(C(=O)OCC(=O)C(C#N)=C2N(C)c3ccccc3N2C)c1. The molecule has 9 nitrogen and oxygen atoms in total. The summed E-state index contributed by atoms with van der Waals surface area (Å²) in [5.41, 5.74) is 1.77. The van der Waals surface area contributed by atoms with E-state index in [-0.39, 0.29) is 11.1 Å². The minimum atomic E-state index is -4.17. The third-order valence-corrected chi connectivity index (χ3v) is 5.82. The predicted molar refractivity (Wildman–Crippen MR) is 114 cm³/mol. The highest BCUT2D eigenvalue weighted by atomic mass is 32.2. The number of rotatable bonds is 5. The summed E-state index contributed by atoms with van der Waals surface area (Å²) in [6, 6.07) is 13.3. The zero-order valence-electron chi connectivity index (χ0n) is 17.1. The molecule has 0 radical (unpaired) electrons. The molecule has 0 aliphatic carbocycles. The van der Waals surface area contributed by atoms with Gasteiger partial charge in [-0.15, -0.1) is 0 Å². The normalized spacial score (nSPS) is 12.9. The number of anilines is 2. The van der Waals surface area contributed by atoms with Crippen LogP contribution >= 0.6 is 0 Å². The van der Waals surface area contributed by atoms with Gasteiger partial charge in [0, 0.05) is 14.1 Å². The first-order valence-corrected chi connectivity index (χ1v) is 10.7. The molecule has 31 heavy (non-hydrogen) atoms. The molecule has 160 valence electrons. The molecule has 3 rings (SSSR count). The average Bonchev–Trinajstić information content (AvgIpc) is 2.97. The van der Waals surface area contributed by atoms with E-state index in [9.17, 15) is 23.3 Å². The van der Waals surface area contributed by atoms with Gasteiger partial charge in [0.15, 0.2) is 6.61 Å². The average molecular weight is 440 g/mol. The lowest BCUT2D eigenvalue weighted by Gasteiger charge is -2.19. The lowest BCUT2D eigenvalue weighted by Crippen LogP contribution is -2.28. The first-order chi connectivity index (χ1) is 14.6. The van der Waals surface area contributed by atoms with E-state index in [1.54, 1.807) is 30.8 Å². The van der Waals surface area contributed by atoms with Crippen LogP contribution in [0.4, 0.5) is 11.4 Å². The molecule has 0 spiro atoms. The highest BCUT2D eigenvalue weighted by Gasteiger charge is 2.32. The van der Waals surface area contributed by atoms with Crippen molar-refractivity contribution in [3.63, 3.8) is 0 Å². The summed E-state index contributed by atoms with van der Waals surface area (Å²) in [5.74, 6) is -1.40. The minimum absolute atomic E-state index is 0.190. The number of para-hydroxylation sites is 2. The number of carbonyl (C=O) groups is 2. The molecule has 0 unspecified atom stereocenters. The molecule has 2 N–H and O–H groups in total. The van der Waals surface area contributed by atoms with E-state index in [2.05, 4.69) is 0 Å². The zero-order chi connectivity index (χ0) is 22.9. The minimum Gasteiger partial charge on any atom is -0.454 e. The number of primary sulfonamides is 1. The number of sulfonamides is 1. The van der Waals surface area contributed by atoms with Crippen molar-refractivity contribution < 1.29 is 22.7 Å². The van der Waals surface area contributed by atoms with Crippen LogP contribution in [-0.2, 0) is 19.6 Å². The molecular weight excluding hydrogens is 420 g/mol. The molecule has 0 aromatic heterocycles. The number of Topliss-reactive ketones (excluding diaryl/α,β-unsaturated/α-hetero) is 1. The number of benzene rings is 2. The molecule has 0 fully saturated rings. The fraction of sp³-hybridized carbons (Fsp3) is 0.190. The Morgan fingerprint density at radius 2 is 1.68 bits per heavy atom. The van der Waals surface area contributed by atoms with Crippen LogP contribution in [0, 0.1) is 18.3 Å². The summed E-state index contributed by atoms with van der Waals surface area (Å²) in [6.07, 6.45) is 0. The van der Waals surface area contributed by atoms with Crippen molar-refractivity contribution in [3.05, 3.63) is 65.0 Å². The Bertz CT molecular complexity index is 1230. The standard InChI is InChI=1S/C21H20N4O5S/c1-13-8-9-19(31(23,28)29)14(10-13)21(27)30-12-18(26)15(11-22)20-24(2)16-6-4-5-7-17(16)25(20)3/h4-10H,12H2,1-3H3,(H2,23,28,29). The lowest BCUT2D eigenvalue weighted by atomic mass is 10.1. The van der Waals surface area contributed by atoms with Crippen molar-refractivity contribution >= 4 is 33.2 Å². The van der Waals surface area contributed by atoms with Crippen LogP contribution in [0.3, 0.4) is 0 Å². The maximum absolute atomic E-state index is 12.7. The molecule has 1 aliphatic heterocycles. The lowest BCUT2D eigenvalue weighted by molar-refractivity contribution is -0.118. The van der Waals surface area contributed by atoms with E-state index in [4.69, 9.17) is 9.88 Å². The van der Waals surface area contributed by atoms with Gasteiger partial charge < -0.3 is 14.5 Å². The fourth-order valence-electron chi connectivity index (χ4n) is 3.39. The Kier molecular flexibility index (Phi) is 5.83. The number of ketones is 1. The summed E-state index contributed by atoms with van der Waals surface area (Å²) in [4.78, 5) is 28.2. The number of nitrogens with zero attached hydrogens (tertiary/aromatic N) is 3. The Labute approximate surface area is 180 Å². The third kappa shape index (κ3) is 4.14. The molecule has 0 saturated carbocycles. The van der Waals surface area contributed by atoms with Crippen molar-refractivity contribution in [2.45, 2.75) is 11.8 Å². The second-order valence-electron chi connectivity index (χ2n) is 6.96. The van der Waals surface area contributed by atoms with E-state index in [0.29, 0.717) is 11.4 Å². The highest BCUT2D eigenvalue weighted by molar-refractivity contribution is 7.89. The van der Waals surface area contributed by atoms with Gasteiger partial charge in [0.1, 0.15) is 17.5 Å². The van der Waals surface area contributed by atoms with Crippen molar-refractivity contribution in [3.8, 4) is 6.07 Å². The van der Waals surface area contributed by atoms with Crippen molar-refractivity contribution in [1.29, 1.82) is 5.26 Å². The first kappa shape index (κ1) is 22.0. The van der Waals surface area contributed by atoms with E-state index in [1.165, 1.54) is 18.2 Å². The summed E-state index contributed by atoms with van der Waals surface area (Å²) in [7, 11) is -0.731. The number of aryl methyl sites for hydroxylation is 1. The molecule has 10 heteroatoms. The Balaban J connectivity index is 1.86. The molecule has 1 aliphatic rings. The molecule has 1 heterocycles. The molecule has 2 aromatic rings. The monoisotopic (exact) mass is 440 g/mol.